The highest BCUT2D eigenvalue weighted by atomic mass is 32.2. The number of alkyl halides is 2. The van der Waals surface area contributed by atoms with Crippen molar-refractivity contribution in [3.63, 3.8) is 0 Å². The number of carbonyl (C=O) groups excluding carboxylic acids is 1. The van der Waals surface area contributed by atoms with Crippen molar-refractivity contribution in [2.75, 3.05) is 19.3 Å². The number of nitrogens with one attached hydrogen (secondary N) is 1. The van der Waals surface area contributed by atoms with Gasteiger partial charge in [-0.15, -0.1) is 0 Å². The second-order valence-electron chi connectivity index (χ2n) is 5.86. The molecule has 1 aromatic carbocycles. The minimum Gasteiger partial charge on any atom is -0.331 e. The minimum absolute atomic E-state index is 0.0264. The molecule has 0 radical (unpaired) electrons. The van der Waals surface area contributed by atoms with Crippen molar-refractivity contribution in [2.24, 2.45) is 0 Å². The molecule has 0 unspecified atom stereocenters. The lowest BCUT2D eigenvalue weighted by Crippen LogP contribution is -2.47. The number of piperidine rings is 1. The summed E-state index contributed by atoms with van der Waals surface area (Å²) >= 11 is 0. The smallest absolute Gasteiger partial charge is 0.317 e. The summed E-state index contributed by atoms with van der Waals surface area (Å²) in [6.45, 7) is 1.81. The summed E-state index contributed by atoms with van der Waals surface area (Å²) in [7, 11) is -3.26. The SMILES string of the molecule is C[C@@H](NC(=O)N1CCC(F)(F)CC1)c1ccc(S(C)(=O)=O)cc1. The normalized spacial score (nSPS) is 19.2. The van der Waals surface area contributed by atoms with E-state index < -0.39 is 15.8 Å². The Morgan fingerprint density at radius 2 is 1.74 bits per heavy atom. The van der Waals surface area contributed by atoms with Crippen LogP contribution in [0.4, 0.5) is 13.6 Å². The van der Waals surface area contributed by atoms with Crippen molar-refractivity contribution in [3.8, 4) is 0 Å². The summed E-state index contributed by atoms with van der Waals surface area (Å²) in [6.07, 6.45) is 0.481. The van der Waals surface area contributed by atoms with Crippen molar-refractivity contribution < 1.29 is 22.0 Å². The molecule has 1 aliphatic heterocycles. The maximum Gasteiger partial charge on any atom is 0.317 e. The summed E-state index contributed by atoms with van der Waals surface area (Å²) in [4.78, 5) is 13.7. The molecule has 5 nitrogen and oxygen atoms in total. The van der Waals surface area contributed by atoms with E-state index in [1.165, 1.54) is 17.0 Å². The van der Waals surface area contributed by atoms with Crippen LogP contribution in [0.15, 0.2) is 29.2 Å². The first-order chi connectivity index (χ1) is 10.6. The van der Waals surface area contributed by atoms with Gasteiger partial charge in [-0.3, -0.25) is 0 Å². The van der Waals surface area contributed by atoms with E-state index >= 15 is 0 Å². The highest BCUT2D eigenvalue weighted by Crippen LogP contribution is 2.27. The van der Waals surface area contributed by atoms with Crippen LogP contribution in [-0.4, -0.2) is 44.6 Å². The first kappa shape index (κ1) is 17.7. The molecule has 0 aromatic heterocycles. The highest BCUT2D eigenvalue weighted by molar-refractivity contribution is 7.90. The number of carbonyl (C=O) groups is 1. The van der Waals surface area contributed by atoms with E-state index in [0.717, 1.165) is 11.8 Å². The molecule has 0 saturated carbocycles. The summed E-state index contributed by atoms with van der Waals surface area (Å²) in [5, 5.41) is 2.74. The third-order valence-electron chi connectivity index (χ3n) is 3.93. The highest BCUT2D eigenvalue weighted by Gasteiger charge is 2.35. The number of nitrogens with zero attached hydrogens (tertiary/aromatic N) is 1. The van der Waals surface area contributed by atoms with Crippen LogP contribution in [0.25, 0.3) is 0 Å². The van der Waals surface area contributed by atoms with Gasteiger partial charge in [0.05, 0.1) is 10.9 Å². The Hall–Kier alpha value is -1.70. The minimum atomic E-state index is -3.26. The number of hydrogen-bond donors (Lipinski definition) is 1. The second-order valence-corrected chi connectivity index (χ2v) is 7.87. The van der Waals surface area contributed by atoms with Gasteiger partial charge in [-0.05, 0) is 24.6 Å². The molecule has 1 fully saturated rings. The average molecular weight is 346 g/mol. The summed E-state index contributed by atoms with van der Waals surface area (Å²) < 4.78 is 49.0. The van der Waals surface area contributed by atoms with Crippen molar-refractivity contribution in [1.82, 2.24) is 10.2 Å². The molecule has 0 spiro atoms. The third kappa shape index (κ3) is 4.63. The van der Waals surface area contributed by atoms with Crippen molar-refractivity contribution in [2.45, 2.75) is 36.6 Å². The van der Waals surface area contributed by atoms with Crippen molar-refractivity contribution in [1.29, 1.82) is 0 Å². The average Bonchev–Trinajstić information content (AvgIpc) is 2.46. The van der Waals surface area contributed by atoms with Crippen molar-refractivity contribution in [3.05, 3.63) is 29.8 Å². The van der Waals surface area contributed by atoms with E-state index in [9.17, 15) is 22.0 Å². The number of likely N-dealkylation sites (tertiary alicyclic amines) is 1. The number of halogens is 2. The topological polar surface area (TPSA) is 66.5 Å². The summed E-state index contributed by atoms with van der Waals surface area (Å²) in [5.74, 6) is -2.69. The molecular formula is C15H20F2N2O3S. The molecule has 8 heteroatoms. The molecule has 23 heavy (non-hydrogen) atoms. The lowest BCUT2D eigenvalue weighted by atomic mass is 10.1. The Labute approximate surface area is 134 Å². The van der Waals surface area contributed by atoms with Crippen LogP contribution < -0.4 is 5.32 Å². The number of rotatable bonds is 3. The van der Waals surface area contributed by atoms with Gasteiger partial charge in [0.25, 0.3) is 5.92 Å². The number of hydrogen-bond acceptors (Lipinski definition) is 3. The molecule has 2 amide bonds. The molecule has 1 atom stereocenters. The predicted molar refractivity (Wildman–Crippen MR) is 82.3 cm³/mol. The van der Waals surface area contributed by atoms with Gasteiger partial charge in [-0.1, -0.05) is 12.1 Å². The van der Waals surface area contributed by atoms with E-state index in [4.69, 9.17) is 0 Å². The van der Waals surface area contributed by atoms with Crippen molar-refractivity contribution >= 4 is 15.9 Å². The van der Waals surface area contributed by atoms with Crippen LogP contribution in [0.5, 0.6) is 0 Å². The van der Waals surface area contributed by atoms with Gasteiger partial charge in [-0.25, -0.2) is 22.0 Å². The first-order valence-corrected chi connectivity index (χ1v) is 9.21. The Bertz CT molecular complexity index is 664. The van der Waals surface area contributed by atoms with Gasteiger partial charge in [0.15, 0.2) is 9.84 Å². The molecular weight excluding hydrogens is 326 g/mol. The molecule has 1 heterocycles. The molecule has 1 saturated heterocycles. The number of urea groups is 1. The standard InChI is InChI=1S/C15H20F2N2O3S/c1-11(12-3-5-13(6-4-12)23(2,21)22)18-14(20)19-9-7-15(16,17)8-10-19/h3-6,11H,7-10H2,1-2H3,(H,18,20)/t11-/m1/s1. The van der Waals surface area contributed by atoms with Gasteiger partial charge in [0, 0.05) is 32.2 Å². The number of sulfone groups is 1. The van der Waals surface area contributed by atoms with Gasteiger partial charge >= 0.3 is 6.03 Å². The fourth-order valence-electron chi connectivity index (χ4n) is 2.40. The van der Waals surface area contributed by atoms with E-state index in [2.05, 4.69) is 5.32 Å². The summed E-state index contributed by atoms with van der Waals surface area (Å²) in [6, 6.07) is 5.49. The fraction of sp³-hybridized carbons (Fsp3) is 0.533. The Kier molecular flexibility index (Phi) is 4.93. The number of amides is 2. The van der Waals surface area contributed by atoms with Gasteiger partial charge in [0.1, 0.15) is 0 Å². The van der Waals surface area contributed by atoms with E-state index in [-0.39, 0.29) is 42.9 Å². The quantitative estimate of drug-likeness (QED) is 0.915. The Balaban J connectivity index is 1.96. The lowest BCUT2D eigenvalue weighted by Gasteiger charge is -2.32. The third-order valence-corrected chi connectivity index (χ3v) is 5.06. The molecule has 0 bridgehead atoms. The van der Waals surface area contributed by atoms with E-state index in [1.807, 2.05) is 0 Å². The maximum absolute atomic E-state index is 13.1. The molecule has 128 valence electrons. The fourth-order valence-corrected chi connectivity index (χ4v) is 3.03. The molecule has 1 aliphatic rings. The zero-order chi connectivity index (χ0) is 17.3. The van der Waals surface area contributed by atoms with Crippen LogP contribution >= 0.6 is 0 Å². The Morgan fingerprint density at radius 1 is 1.22 bits per heavy atom. The van der Waals surface area contributed by atoms with Crippen LogP contribution in [0.3, 0.4) is 0 Å². The zero-order valence-corrected chi connectivity index (χ0v) is 13.9. The van der Waals surface area contributed by atoms with E-state index in [1.54, 1.807) is 19.1 Å². The monoisotopic (exact) mass is 346 g/mol. The molecule has 1 aromatic rings. The van der Waals surface area contributed by atoms with E-state index in [0.29, 0.717) is 0 Å². The predicted octanol–water partition coefficient (Wildman–Crippen LogP) is 2.59. The zero-order valence-electron chi connectivity index (χ0n) is 13.1. The second kappa shape index (κ2) is 6.43. The van der Waals surface area contributed by atoms with Crippen LogP contribution in [0, 0.1) is 0 Å². The number of benzene rings is 1. The van der Waals surface area contributed by atoms with Crippen LogP contribution in [0.2, 0.25) is 0 Å². The van der Waals surface area contributed by atoms with Gasteiger partial charge in [0.2, 0.25) is 0 Å². The van der Waals surface area contributed by atoms with Gasteiger partial charge in [-0.2, -0.15) is 0 Å². The first-order valence-electron chi connectivity index (χ1n) is 7.32. The lowest BCUT2D eigenvalue weighted by molar-refractivity contribution is -0.0470. The summed E-state index contributed by atoms with van der Waals surface area (Å²) in [5.41, 5.74) is 0.744. The molecule has 2 rings (SSSR count). The van der Waals surface area contributed by atoms with Crippen LogP contribution in [-0.2, 0) is 9.84 Å². The molecule has 0 aliphatic carbocycles. The van der Waals surface area contributed by atoms with Gasteiger partial charge < -0.3 is 10.2 Å². The maximum atomic E-state index is 13.1. The van der Waals surface area contributed by atoms with Crippen LogP contribution in [0.1, 0.15) is 31.4 Å². The largest absolute Gasteiger partial charge is 0.331 e. The Morgan fingerprint density at radius 3 is 2.22 bits per heavy atom. The molecule has 1 N–H and O–H groups in total.